The topological polar surface area (TPSA) is 122 Å². The van der Waals surface area contributed by atoms with Gasteiger partial charge in [0.1, 0.15) is 11.5 Å². The number of aromatic amines is 1. The van der Waals surface area contributed by atoms with Crippen LogP contribution in [0.4, 0.5) is 17.5 Å². The summed E-state index contributed by atoms with van der Waals surface area (Å²) >= 11 is 0. The van der Waals surface area contributed by atoms with Crippen LogP contribution in [0.25, 0.3) is 11.0 Å². The molecule has 4 aromatic rings. The van der Waals surface area contributed by atoms with Gasteiger partial charge < -0.3 is 21.4 Å². The second-order valence-electron chi connectivity index (χ2n) is 9.04. The third-order valence-electron chi connectivity index (χ3n) is 6.87. The lowest BCUT2D eigenvalue weighted by molar-refractivity contribution is -0.122. The lowest BCUT2D eigenvalue weighted by Crippen LogP contribution is -2.41. The van der Waals surface area contributed by atoms with E-state index in [1.165, 1.54) is 11.1 Å². The van der Waals surface area contributed by atoms with Crippen LogP contribution in [0.1, 0.15) is 17.5 Å². The number of hydrogen-bond acceptors (Lipinski definition) is 6. The maximum absolute atomic E-state index is 12.2. The molecule has 6 rings (SSSR count). The van der Waals surface area contributed by atoms with Gasteiger partial charge in [0.15, 0.2) is 0 Å². The fraction of sp³-hybridized carbons (Fsp3) is 0.231. The normalized spacial score (nSPS) is 22.8. The molecule has 0 radical (unpaired) electrons. The fourth-order valence-corrected chi connectivity index (χ4v) is 5.24. The summed E-state index contributed by atoms with van der Waals surface area (Å²) in [5, 5.41) is 7.72. The van der Waals surface area contributed by atoms with Crippen LogP contribution in [0.15, 0.2) is 73.2 Å². The maximum atomic E-state index is 12.2. The van der Waals surface area contributed by atoms with Gasteiger partial charge in [0.2, 0.25) is 11.9 Å². The molecule has 5 N–H and O–H groups in total. The Morgan fingerprint density at radius 1 is 1.00 bits per heavy atom. The van der Waals surface area contributed by atoms with Crippen molar-refractivity contribution in [1.29, 1.82) is 0 Å². The second kappa shape index (κ2) is 8.30. The van der Waals surface area contributed by atoms with Gasteiger partial charge in [-0.2, -0.15) is 9.97 Å². The lowest BCUT2D eigenvalue weighted by atomic mass is 9.88. The van der Waals surface area contributed by atoms with Crippen LogP contribution in [0.5, 0.6) is 0 Å². The van der Waals surface area contributed by atoms with Gasteiger partial charge in [-0.05, 0) is 66.1 Å². The highest BCUT2D eigenvalue weighted by molar-refractivity contribution is 5.89. The lowest BCUT2D eigenvalue weighted by Gasteiger charge is -2.27. The minimum Gasteiger partial charge on any atom is -0.369 e. The van der Waals surface area contributed by atoms with E-state index in [1.54, 1.807) is 0 Å². The number of anilines is 3. The molecule has 34 heavy (non-hydrogen) atoms. The molecule has 2 aliphatic rings. The van der Waals surface area contributed by atoms with Crippen molar-refractivity contribution in [2.45, 2.75) is 18.9 Å². The molecule has 2 aliphatic carbocycles. The quantitative estimate of drug-likeness (QED) is 0.317. The van der Waals surface area contributed by atoms with Crippen LogP contribution in [-0.2, 0) is 11.2 Å². The Morgan fingerprint density at radius 3 is 2.56 bits per heavy atom. The number of H-pyrrole nitrogens is 1. The molecule has 1 amide bonds. The van der Waals surface area contributed by atoms with E-state index in [0.717, 1.165) is 29.6 Å². The Labute approximate surface area is 196 Å². The van der Waals surface area contributed by atoms with Crippen molar-refractivity contribution in [3.8, 4) is 0 Å². The van der Waals surface area contributed by atoms with Gasteiger partial charge in [-0.3, -0.25) is 9.78 Å². The molecule has 1 fully saturated rings. The van der Waals surface area contributed by atoms with Gasteiger partial charge in [0.05, 0.1) is 11.3 Å². The zero-order valence-electron chi connectivity index (χ0n) is 18.5. The Balaban J connectivity index is 1.24. The predicted molar refractivity (Wildman–Crippen MR) is 131 cm³/mol. The van der Waals surface area contributed by atoms with Crippen molar-refractivity contribution in [2.75, 3.05) is 10.6 Å². The number of nitrogens with two attached hydrogens (primary N) is 1. The molecule has 3 heterocycles. The molecule has 0 saturated heterocycles. The Hall–Kier alpha value is -4.20. The van der Waals surface area contributed by atoms with Crippen LogP contribution < -0.4 is 16.4 Å². The number of amides is 1. The molecule has 4 atom stereocenters. The summed E-state index contributed by atoms with van der Waals surface area (Å²) in [6, 6.07) is 14.1. The zero-order valence-corrected chi connectivity index (χ0v) is 18.5. The van der Waals surface area contributed by atoms with Crippen molar-refractivity contribution >= 4 is 34.4 Å². The largest absolute Gasteiger partial charge is 0.369 e. The molecular formula is C26H25N7O. The summed E-state index contributed by atoms with van der Waals surface area (Å²) in [7, 11) is 0. The molecule has 170 valence electrons. The summed E-state index contributed by atoms with van der Waals surface area (Å²) in [4.78, 5) is 28.8. The first kappa shape index (κ1) is 20.4. The van der Waals surface area contributed by atoms with Gasteiger partial charge in [0, 0.05) is 30.3 Å². The molecule has 1 saturated carbocycles. The molecule has 8 nitrogen and oxygen atoms in total. The number of nitrogens with zero attached hydrogens (tertiary/aromatic N) is 3. The average molecular weight is 452 g/mol. The first-order chi connectivity index (χ1) is 16.6. The highest BCUT2D eigenvalue weighted by Crippen LogP contribution is 2.45. The smallest absolute Gasteiger partial charge is 0.231 e. The zero-order chi connectivity index (χ0) is 23.1. The van der Waals surface area contributed by atoms with E-state index in [4.69, 9.17) is 10.7 Å². The van der Waals surface area contributed by atoms with Crippen LogP contribution in [-0.4, -0.2) is 31.9 Å². The number of allylic oxidation sites excluding steroid dienone is 1. The molecule has 0 spiro atoms. The van der Waals surface area contributed by atoms with Crippen LogP contribution in [0.3, 0.4) is 0 Å². The van der Waals surface area contributed by atoms with E-state index in [9.17, 15) is 4.79 Å². The number of fused-ring (bicyclic) bond motifs is 3. The Bertz CT molecular complexity index is 1360. The molecule has 8 heteroatoms. The molecule has 4 unspecified atom stereocenters. The van der Waals surface area contributed by atoms with Gasteiger partial charge >= 0.3 is 0 Å². The van der Waals surface area contributed by atoms with Crippen LogP contribution in [0, 0.1) is 17.8 Å². The van der Waals surface area contributed by atoms with E-state index in [0.29, 0.717) is 11.8 Å². The molecule has 0 aliphatic heterocycles. The number of aromatic nitrogens is 4. The van der Waals surface area contributed by atoms with Gasteiger partial charge in [-0.25, -0.2) is 0 Å². The number of primary amides is 1. The fourth-order valence-electron chi connectivity index (χ4n) is 5.24. The van der Waals surface area contributed by atoms with Gasteiger partial charge in [-0.1, -0.05) is 24.3 Å². The highest BCUT2D eigenvalue weighted by atomic mass is 16.1. The number of carbonyl (C=O) groups is 1. The summed E-state index contributed by atoms with van der Waals surface area (Å²) < 4.78 is 0. The van der Waals surface area contributed by atoms with Gasteiger partial charge in [-0.15, -0.1) is 0 Å². The SMILES string of the molecule is NC(=O)C1C2C=CC(C2)C1Nc1nc(Nc2ccc(Cc3ccncc3)cc2)nc2[nH]ccc12. The first-order valence-electron chi connectivity index (χ1n) is 11.5. The van der Waals surface area contributed by atoms with Crippen molar-refractivity contribution in [3.05, 3.63) is 84.3 Å². The van der Waals surface area contributed by atoms with E-state index < -0.39 is 0 Å². The van der Waals surface area contributed by atoms with Crippen molar-refractivity contribution in [3.63, 3.8) is 0 Å². The monoisotopic (exact) mass is 451 g/mol. The number of carbonyl (C=O) groups excluding carboxylic acids is 1. The number of rotatable bonds is 7. The molecular weight excluding hydrogens is 426 g/mol. The van der Waals surface area contributed by atoms with E-state index in [1.807, 2.05) is 48.9 Å². The minimum absolute atomic E-state index is 0.0687. The highest BCUT2D eigenvalue weighted by Gasteiger charge is 2.47. The van der Waals surface area contributed by atoms with E-state index >= 15 is 0 Å². The van der Waals surface area contributed by atoms with Crippen molar-refractivity contribution < 1.29 is 4.79 Å². The maximum Gasteiger partial charge on any atom is 0.231 e. The van der Waals surface area contributed by atoms with Crippen LogP contribution in [0.2, 0.25) is 0 Å². The molecule has 1 aromatic carbocycles. The summed E-state index contributed by atoms with van der Waals surface area (Å²) in [6.07, 6.45) is 11.6. The van der Waals surface area contributed by atoms with Crippen LogP contribution >= 0.6 is 0 Å². The number of benzene rings is 1. The molecule has 2 bridgehead atoms. The van der Waals surface area contributed by atoms with Gasteiger partial charge in [0.25, 0.3) is 0 Å². The average Bonchev–Trinajstić information content (AvgIpc) is 3.57. The summed E-state index contributed by atoms with van der Waals surface area (Å²) in [5.74, 6) is 1.15. The first-order valence-corrected chi connectivity index (χ1v) is 11.5. The number of hydrogen-bond donors (Lipinski definition) is 4. The Morgan fingerprint density at radius 2 is 1.76 bits per heavy atom. The van der Waals surface area contributed by atoms with E-state index in [-0.39, 0.29) is 29.7 Å². The Kier molecular flexibility index (Phi) is 4.98. The van der Waals surface area contributed by atoms with E-state index in [2.05, 4.69) is 49.9 Å². The molecule has 3 aromatic heterocycles. The third-order valence-corrected chi connectivity index (χ3v) is 6.87. The predicted octanol–water partition coefficient (Wildman–Crippen LogP) is 3.78. The summed E-state index contributed by atoms with van der Waals surface area (Å²) in [5.41, 5.74) is 9.80. The third kappa shape index (κ3) is 3.77. The number of pyridine rings is 1. The number of nitrogens with one attached hydrogen (secondary N) is 3. The van der Waals surface area contributed by atoms with Crippen molar-refractivity contribution in [2.24, 2.45) is 23.5 Å². The second-order valence-corrected chi connectivity index (χ2v) is 9.04. The minimum atomic E-state index is -0.265. The standard InChI is InChI=1S/C26H25N7O/c27-23(34)21-17-3-4-18(14-17)22(21)31-25-20-9-12-29-24(20)32-26(33-25)30-19-5-1-15(2-6-19)13-16-7-10-28-11-8-16/h1-12,17-18,21-22H,13-14H2,(H2,27,34)(H3,29,30,31,32,33). The summed E-state index contributed by atoms with van der Waals surface area (Å²) in [6.45, 7) is 0. The van der Waals surface area contributed by atoms with Crippen molar-refractivity contribution in [1.82, 2.24) is 19.9 Å².